The van der Waals surface area contributed by atoms with Crippen LogP contribution < -0.4 is 20.1 Å². The van der Waals surface area contributed by atoms with E-state index in [1.807, 2.05) is 67.7 Å². The van der Waals surface area contributed by atoms with Crippen LogP contribution >= 0.6 is 0 Å². The highest BCUT2D eigenvalue weighted by molar-refractivity contribution is 5.74. The molecule has 0 unspecified atom stereocenters. The first-order valence-electron chi connectivity index (χ1n) is 8.30. The third kappa shape index (κ3) is 6.76. The standard InChI is InChI=1S/C20H24N2O4/c1-21-16-5-9-18(10-6-16)25-13-3-4-14-26-19-11-7-17(8-12-19)22-15-20(23)24-2/h3-12,21-22H,13-15H2,1-2H3. The lowest BCUT2D eigenvalue weighted by Crippen LogP contribution is -2.14. The summed E-state index contributed by atoms with van der Waals surface area (Å²) in [6.07, 6.45) is 3.82. The molecular formula is C20H24N2O4. The van der Waals surface area contributed by atoms with E-state index in [0.29, 0.717) is 13.2 Å². The minimum atomic E-state index is -0.310. The number of hydrogen-bond acceptors (Lipinski definition) is 6. The van der Waals surface area contributed by atoms with Crippen LogP contribution in [0.3, 0.4) is 0 Å². The van der Waals surface area contributed by atoms with Gasteiger partial charge in [-0.2, -0.15) is 0 Å². The highest BCUT2D eigenvalue weighted by Gasteiger charge is 2.00. The SMILES string of the molecule is CNc1ccc(OCC=CCOc2ccc(NCC(=O)OC)cc2)cc1. The zero-order valence-corrected chi connectivity index (χ0v) is 15.0. The van der Waals surface area contributed by atoms with E-state index < -0.39 is 0 Å². The van der Waals surface area contributed by atoms with Gasteiger partial charge in [-0.3, -0.25) is 4.79 Å². The average molecular weight is 356 g/mol. The van der Waals surface area contributed by atoms with E-state index in [2.05, 4.69) is 15.4 Å². The minimum Gasteiger partial charge on any atom is -0.490 e. The van der Waals surface area contributed by atoms with Gasteiger partial charge in [0.2, 0.25) is 0 Å². The van der Waals surface area contributed by atoms with Crippen molar-refractivity contribution in [3.8, 4) is 11.5 Å². The number of carbonyl (C=O) groups excluding carboxylic acids is 1. The van der Waals surface area contributed by atoms with Gasteiger partial charge in [-0.25, -0.2) is 0 Å². The van der Waals surface area contributed by atoms with Crippen molar-refractivity contribution in [1.82, 2.24) is 0 Å². The van der Waals surface area contributed by atoms with Crippen molar-refractivity contribution < 1.29 is 19.0 Å². The van der Waals surface area contributed by atoms with E-state index in [1.54, 1.807) is 0 Å². The maximum absolute atomic E-state index is 11.1. The zero-order chi connectivity index (χ0) is 18.6. The molecule has 0 amide bonds. The van der Waals surface area contributed by atoms with Gasteiger partial charge in [0.1, 0.15) is 31.3 Å². The Morgan fingerprint density at radius 1 is 0.885 bits per heavy atom. The Balaban J connectivity index is 1.65. The normalized spacial score (nSPS) is 10.4. The predicted octanol–water partition coefficient (Wildman–Crippen LogP) is 3.33. The third-order valence-electron chi connectivity index (χ3n) is 3.52. The molecule has 0 saturated carbocycles. The summed E-state index contributed by atoms with van der Waals surface area (Å²) in [5.41, 5.74) is 1.88. The summed E-state index contributed by atoms with van der Waals surface area (Å²) in [5.74, 6) is 1.27. The molecule has 0 spiro atoms. The second-order valence-corrected chi connectivity index (χ2v) is 5.32. The van der Waals surface area contributed by atoms with Crippen LogP contribution in [0.25, 0.3) is 0 Å². The van der Waals surface area contributed by atoms with Crippen molar-refractivity contribution in [1.29, 1.82) is 0 Å². The Kier molecular flexibility index (Phi) is 7.86. The molecule has 2 aromatic carbocycles. The van der Waals surface area contributed by atoms with Crippen LogP contribution in [0.5, 0.6) is 11.5 Å². The van der Waals surface area contributed by atoms with Crippen LogP contribution in [0.2, 0.25) is 0 Å². The molecule has 138 valence electrons. The van der Waals surface area contributed by atoms with Gasteiger partial charge in [0, 0.05) is 18.4 Å². The molecule has 0 aliphatic carbocycles. The summed E-state index contributed by atoms with van der Waals surface area (Å²) < 4.78 is 15.8. The number of nitrogens with one attached hydrogen (secondary N) is 2. The molecule has 0 saturated heterocycles. The second-order valence-electron chi connectivity index (χ2n) is 5.32. The molecule has 0 aromatic heterocycles. The molecule has 26 heavy (non-hydrogen) atoms. The summed E-state index contributed by atoms with van der Waals surface area (Å²) in [7, 11) is 3.24. The molecule has 0 bridgehead atoms. The van der Waals surface area contributed by atoms with Crippen molar-refractivity contribution in [3.05, 3.63) is 60.7 Å². The fraction of sp³-hybridized carbons (Fsp3) is 0.250. The molecule has 2 N–H and O–H groups in total. The summed E-state index contributed by atoms with van der Waals surface area (Å²) >= 11 is 0. The van der Waals surface area contributed by atoms with Crippen LogP contribution in [0.15, 0.2) is 60.7 Å². The Morgan fingerprint density at radius 3 is 1.85 bits per heavy atom. The van der Waals surface area contributed by atoms with E-state index in [1.165, 1.54) is 7.11 Å². The largest absolute Gasteiger partial charge is 0.490 e. The van der Waals surface area contributed by atoms with Crippen molar-refractivity contribution in [2.45, 2.75) is 0 Å². The van der Waals surface area contributed by atoms with Crippen LogP contribution in [0.4, 0.5) is 11.4 Å². The van der Waals surface area contributed by atoms with Crippen molar-refractivity contribution in [3.63, 3.8) is 0 Å². The zero-order valence-electron chi connectivity index (χ0n) is 15.0. The monoisotopic (exact) mass is 356 g/mol. The number of rotatable bonds is 10. The molecule has 0 heterocycles. The molecule has 0 aliphatic heterocycles. The molecule has 0 atom stereocenters. The van der Waals surface area contributed by atoms with E-state index in [4.69, 9.17) is 9.47 Å². The number of ether oxygens (including phenoxy) is 3. The summed E-state index contributed by atoms with van der Waals surface area (Å²) in [5, 5.41) is 6.03. The van der Waals surface area contributed by atoms with Crippen molar-refractivity contribution in [2.24, 2.45) is 0 Å². The van der Waals surface area contributed by atoms with Gasteiger partial charge in [-0.05, 0) is 60.7 Å². The lowest BCUT2D eigenvalue weighted by Gasteiger charge is -2.07. The summed E-state index contributed by atoms with van der Waals surface area (Å²) in [6.45, 7) is 1.08. The number of anilines is 2. The van der Waals surface area contributed by atoms with E-state index in [0.717, 1.165) is 22.9 Å². The summed E-state index contributed by atoms with van der Waals surface area (Å²) in [6, 6.07) is 15.1. The van der Waals surface area contributed by atoms with Crippen molar-refractivity contribution >= 4 is 17.3 Å². The van der Waals surface area contributed by atoms with Crippen LogP contribution in [-0.2, 0) is 9.53 Å². The number of esters is 1. The highest BCUT2D eigenvalue weighted by atomic mass is 16.5. The van der Waals surface area contributed by atoms with Gasteiger partial charge in [-0.1, -0.05) is 0 Å². The Hall–Kier alpha value is -3.15. The number of methoxy groups -OCH3 is 1. The molecule has 0 aliphatic rings. The van der Waals surface area contributed by atoms with Gasteiger partial charge < -0.3 is 24.8 Å². The topological polar surface area (TPSA) is 68.8 Å². The quantitative estimate of drug-likeness (QED) is 0.503. The lowest BCUT2D eigenvalue weighted by molar-refractivity contribution is -0.138. The maximum atomic E-state index is 11.1. The molecular weight excluding hydrogens is 332 g/mol. The van der Waals surface area contributed by atoms with Crippen LogP contribution in [0, 0.1) is 0 Å². The Labute approximate surface area is 153 Å². The van der Waals surface area contributed by atoms with Crippen LogP contribution in [0.1, 0.15) is 0 Å². The number of carbonyl (C=O) groups is 1. The molecule has 2 rings (SSSR count). The number of hydrogen-bond donors (Lipinski definition) is 2. The molecule has 6 nitrogen and oxygen atoms in total. The van der Waals surface area contributed by atoms with Gasteiger partial charge in [0.05, 0.1) is 7.11 Å². The first-order chi connectivity index (χ1) is 12.7. The first-order valence-corrected chi connectivity index (χ1v) is 8.30. The van der Waals surface area contributed by atoms with Gasteiger partial charge in [-0.15, -0.1) is 0 Å². The minimum absolute atomic E-state index is 0.136. The van der Waals surface area contributed by atoms with Gasteiger partial charge >= 0.3 is 5.97 Å². The number of benzene rings is 2. The van der Waals surface area contributed by atoms with E-state index >= 15 is 0 Å². The Morgan fingerprint density at radius 2 is 1.38 bits per heavy atom. The van der Waals surface area contributed by atoms with Gasteiger partial charge in [0.15, 0.2) is 0 Å². The van der Waals surface area contributed by atoms with E-state index in [-0.39, 0.29) is 12.5 Å². The lowest BCUT2D eigenvalue weighted by atomic mass is 10.3. The third-order valence-corrected chi connectivity index (χ3v) is 3.52. The fourth-order valence-corrected chi connectivity index (χ4v) is 2.06. The predicted molar refractivity (Wildman–Crippen MR) is 103 cm³/mol. The van der Waals surface area contributed by atoms with Crippen LogP contribution in [-0.4, -0.2) is 39.9 Å². The highest BCUT2D eigenvalue weighted by Crippen LogP contribution is 2.16. The van der Waals surface area contributed by atoms with E-state index in [9.17, 15) is 4.79 Å². The second kappa shape index (κ2) is 10.7. The fourth-order valence-electron chi connectivity index (χ4n) is 2.06. The van der Waals surface area contributed by atoms with Gasteiger partial charge in [0.25, 0.3) is 0 Å². The average Bonchev–Trinajstić information content (AvgIpc) is 2.70. The molecule has 6 heteroatoms. The summed E-state index contributed by atoms with van der Waals surface area (Å²) in [4.78, 5) is 11.1. The molecule has 0 radical (unpaired) electrons. The molecule has 0 fully saturated rings. The smallest absolute Gasteiger partial charge is 0.325 e. The first kappa shape index (κ1) is 19.2. The Bertz CT molecular complexity index is 697. The maximum Gasteiger partial charge on any atom is 0.325 e. The van der Waals surface area contributed by atoms with Crippen molar-refractivity contribution in [2.75, 3.05) is 44.5 Å². The molecule has 2 aromatic rings.